The fraction of sp³-hybridized carbons (Fsp3) is 0.250. The summed E-state index contributed by atoms with van der Waals surface area (Å²) in [7, 11) is -3.97. The lowest BCUT2D eigenvalue weighted by molar-refractivity contribution is -0.127. The molecule has 30 heavy (non-hydrogen) atoms. The second-order valence-electron chi connectivity index (χ2n) is 6.39. The number of nitrogens with two attached hydrogens (primary N) is 1. The maximum absolute atomic E-state index is 13.3. The van der Waals surface area contributed by atoms with Crippen molar-refractivity contribution in [3.63, 3.8) is 0 Å². The van der Waals surface area contributed by atoms with Crippen LogP contribution in [0.2, 0.25) is 0 Å². The lowest BCUT2D eigenvalue weighted by Gasteiger charge is -2.24. The molecule has 0 aliphatic carbocycles. The van der Waals surface area contributed by atoms with Crippen LogP contribution < -0.4 is 15.4 Å². The Bertz CT molecular complexity index is 1050. The number of esters is 1. The van der Waals surface area contributed by atoms with E-state index in [0.717, 1.165) is 0 Å². The van der Waals surface area contributed by atoms with E-state index in [2.05, 4.69) is 0 Å². The molecule has 0 saturated heterocycles. The van der Waals surface area contributed by atoms with Crippen molar-refractivity contribution < 1.29 is 27.5 Å². The van der Waals surface area contributed by atoms with Gasteiger partial charge in [-0.25, -0.2) is 18.0 Å². The smallest absolute Gasteiger partial charge is 0.338 e. The highest BCUT2D eigenvalue weighted by molar-refractivity contribution is 7.92. The third-order valence-electron chi connectivity index (χ3n) is 4.22. The summed E-state index contributed by atoms with van der Waals surface area (Å²) in [4.78, 5) is 34.8. The predicted molar refractivity (Wildman–Crippen MR) is 110 cm³/mol. The quantitative estimate of drug-likeness (QED) is 0.641. The van der Waals surface area contributed by atoms with Crippen LogP contribution in [0.5, 0.6) is 0 Å². The molecule has 2 rings (SSSR count). The second kappa shape index (κ2) is 9.40. The highest BCUT2D eigenvalue weighted by Crippen LogP contribution is 2.26. The molecule has 0 aliphatic rings. The molecule has 1 atom stereocenters. The van der Waals surface area contributed by atoms with E-state index in [1.807, 2.05) is 0 Å². The summed E-state index contributed by atoms with van der Waals surface area (Å²) in [6, 6.07) is 11.6. The van der Waals surface area contributed by atoms with Gasteiger partial charge >= 0.3 is 12.0 Å². The van der Waals surface area contributed by atoms with E-state index in [-0.39, 0.29) is 17.0 Å². The maximum atomic E-state index is 13.3. The first-order valence-corrected chi connectivity index (χ1v) is 10.5. The van der Waals surface area contributed by atoms with E-state index in [4.69, 9.17) is 10.5 Å². The Labute approximate surface area is 174 Å². The number of nitrogens with one attached hydrogen (secondary N) is 1. The molecule has 3 N–H and O–H groups in total. The van der Waals surface area contributed by atoms with Crippen molar-refractivity contribution in [2.24, 2.45) is 5.73 Å². The summed E-state index contributed by atoms with van der Waals surface area (Å²) in [6.45, 7) is 4.77. The summed E-state index contributed by atoms with van der Waals surface area (Å²) in [5.41, 5.74) is 5.75. The van der Waals surface area contributed by atoms with Crippen LogP contribution in [-0.2, 0) is 19.6 Å². The lowest BCUT2D eigenvalue weighted by atomic mass is 10.1. The fourth-order valence-corrected chi connectivity index (χ4v) is 4.44. The number of benzene rings is 2. The molecular formula is C20H23N3O6S. The number of anilines is 1. The standard InChI is InChI=1S/C20H23N3O6S/c1-4-23(16-8-6-5-7-9-16)30(27,28)17-12-15(11-10-13(17)2)19(25)29-14(3)18(24)22-20(21)26/h5-12,14H,4H2,1-3H3,(H3,21,22,24,26)/t14-/m0/s1. The number of urea groups is 1. The first-order chi connectivity index (χ1) is 14.1. The third-order valence-corrected chi connectivity index (χ3v) is 6.27. The van der Waals surface area contributed by atoms with E-state index in [9.17, 15) is 22.8 Å². The first-order valence-electron chi connectivity index (χ1n) is 9.07. The zero-order chi connectivity index (χ0) is 22.5. The number of carbonyl (C=O) groups is 3. The van der Waals surface area contributed by atoms with E-state index < -0.39 is 34.0 Å². The van der Waals surface area contributed by atoms with Crippen LogP contribution in [0, 0.1) is 6.92 Å². The predicted octanol–water partition coefficient (Wildman–Crippen LogP) is 1.95. The molecule has 0 aliphatic heterocycles. The van der Waals surface area contributed by atoms with Crippen LogP contribution in [0.15, 0.2) is 53.4 Å². The van der Waals surface area contributed by atoms with Crippen molar-refractivity contribution in [2.45, 2.75) is 31.8 Å². The number of para-hydroxylation sites is 1. The molecule has 2 aromatic carbocycles. The van der Waals surface area contributed by atoms with Crippen LogP contribution in [0.4, 0.5) is 10.5 Å². The number of carbonyl (C=O) groups excluding carboxylic acids is 3. The molecule has 2 aromatic rings. The zero-order valence-electron chi connectivity index (χ0n) is 16.8. The van der Waals surface area contributed by atoms with Gasteiger partial charge in [0, 0.05) is 6.54 Å². The number of ether oxygens (including phenoxy) is 1. The molecule has 3 amide bonds. The van der Waals surface area contributed by atoms with Crippen molar-refractivity contribution in [1.29, 1.82) is 0 Å². The van der Waals surface area contributed by atoms with Gasteiger partial charge < -0.3 is 10.5 Å². The molecule has 0 saturated carbocycles. The van der Waals surface area contributed by atoms with Gasteiger partial charge in [-0.1, -0.05) is 24.3 Å². The molecule has 0 radical (unpaired) electrons. The SMILES string of the molecule is CCN(c1ccccc1)S(=O)(=O)c1cc(C(=O)O[C@@H](C)C(=O)NC(N)=O)ccc1C. The van der Waals surface area contributed by atoms with Gasteiger partial charge in [0.05, 0.1) is 16.1 Å². The molecule has 160 valence electrons. The number of sulfonamides is 1. The van der Waals surface area contributed by atoms with E-state index >= 15 is 0 Å². The zero-order valence-corrected chi connectivity index (χ0v) is 17.6. The summed E-state index contributed by atoms with van der Waals surface area (Å²) in [5, 5.41) is 1.80. The number of primary amides is 1. The minimum Gasteiger partial charge on any atom is -0.449 e. The topological polar surface area (TPSA) is 136 Å². The van der Waals surface area contributed by atoms with E-state index in [1.165, 1.54) is 29.4 Å². The maximum Gasteiger partial charge on any atom is 0.338 e. The van der Waals surface area contributed by atoms with Crippen LogP contribution in [0.25, 0.3) is 0 Å². The highest BCUT2D eigenvalue weighted by Gasteiger charge is 2.27. The third kappa shape index (κ3) is 5.15. The van der Waals surface area contributed by atoms with Crippen molar-refractivity contribution in [3.05, 3.63) is 59.7 Å². The molecule has 0 spiro atoms. The Hall–Kier alpha value is -3.40. The largest absolute Gasteiger partial charge is 0.449 e. The summed E-state index contributed by atoms with van der Waals surface area (Å²) >= 11 is 0. The number of hydrogen-bond donors (Lipinski definition) is 2. The van der Waals surface area contributed by atoms with Gasteiger partial charge in [-0.15, -0.1) is 0 Å². The lowest BCUT2D eigenvalue weighted by Crippen LogP contribution is -2.42. The van der Waals surface area contributed by atoms with Crippen LogP contribution in [0.1, 0.15) is 29.8 Å². The van der Waals surface area contributed by atoms with Crippen molar-refractivity contribution in [2.75, 3.05) is 10.8 Å². The first kappa shape index (κ1) is 22.9. The number of imide groups is 1. The van der Waals surface area contributed by atoms with Crippen molar-refractivity contribution >= 4 is 33.6 Å². The van der Waals surface area contributed by atoms with Crippen LogP contribution >= 0.6 is 0 Å². The normalized spacial score (nSPS) is 12.0. The van der Waals surface area contributed by atoms with Gasteiger partial charge in [0.2, 0.25) is 0 Å². The van der Waals surface area contributed by atoms with Crippen molar-refractivity contribution in [1.82, 2.24) is 5.32 Å². The number of rotatable bonds is 7. The van der Waals surface area contributed by atoms with Gasteiger partial charge in [0.1, 0.15) is 0 Å². The number of hydrogen-bond acceptors (Lipinski definition) is 6. The monoisotopic (exact) mass is 433 g/mol. The summed E-state index contributed by atoms with van der Waals surface area (Å²) in [6.07, 6.45) is -1.30. The average Bonchev–Trinajstić information content (AvgIpc) is 2.68. The Morgan fingerprint density at radius 3 is 2.33 bits per heavy atom. The van der Waals surface area contributed by atoms with Gasteiger partial charge in [-0.2, -0.15) is 0 Å². The highest BCUT2D eigenvalue weighted by atomic mass is 32.2. The van der Waals surface area contributed by atoms with Gasteiger partial charge in [0.15, 0.2) is 6.10 Å². The molecule has 0 bridgehead atoms. The molecule has 9 nitrogen and oxygen atoms in total. The fourth-order valence-electron chi connectivity index (χ4n) is 2.71. The Morgan fingerprint density at radius 2 is 1.77 bits per heavy atom. The minimum absolute atomic E-state index is 0.0537. The van der Waals surface area contributed by atoms with E-state index in [0.29, 0.717) is 11.3 Å². The summed E-state index contributed by atoms with van der Waals surface area (Å²) < 4.78 is 32.8. The number of aryl methyl sites for hydroxylation is 1. The number of nitrogens with zero attached hydrogens (tertiary/aromatic N) is 1. The van der Waals surface area contributed by atoms with Crippen LogP contribution in [0.3, 0.4) is 0 Å². The Balaban J connectivity index is 2.35. The van der Waals surface area contributed by atoms with Crippen molar-refractivity contribution in [3.8, 4) is 0 Å². The Kier molecular flexibility index (Phi) is 7.17. The molecule has 10 heteroatoms. The molecule has 0 fully saturated rings. The van der Waals surface area contributed by atoms with Gasteiger partial charge in [-0.3, -0.25) is 14.4 Å². The van der Waals surface area contributed by atoms with Crippen LogP contribution in [-0.4, -0.2) is 39.0 Å². The molecule has 0 unspecified atom stereocenters. The Morgan fingerprint density at radius 1 is 1.13 bits per heavy atom. The van der Waals surface area contributed by atoms with Gasteiger partial charge in [-0.05, 0) is 50.6 Å². The minimum atomic E-state index is -3.97. The summed E-state index contributed by atoms with van der Waals surface area (Å²) in [5.74, 6) is -1.81. The molecule has 0 heterocycles. The number of amides is 3. The second-order valence-corrected chi connectivity index (χ2v) is 8.22. The average molecular weight is 433 g/mol. The van der Waals surface area contributed by atoms with E-state index in [1.54, 1.807) is 49.5 Å². The molecular weight excluding hydrogens is 410 g/mol. The molecule has 0 aromatic heterocycles. The van der Waals surface area contributed by atoms with Gasteiger partial charge in [0.25, 0.3) is 15.9 Å².